The molecule has 134 valence electrons. The number of ether oxygens (including phenoxy) is 1. The molecule has 1 fully saturated rings. The fraction of sp³-hybridized carbons (Fsp3) is 0.350. The van der Waals surface area contributed by atoms with E-state index in [1.54, 1.807) is 11.1 Å². The normalized spacial score (nSPS) is 16.3. The summed E-state index contributed by atoms with van der Waals surface area (Å²) in [5, 5.41) is 0. The van der Waals surface area contributed by atoms with Gasteiger partial charge in [-0.3, -0.25) is 9.97 Å². The van der Waals surface area contributed by atoms with E-state index in [2.05, 4.69) is 33.1 Å². The third kappa shape index (κ3) is 3.14. The Morgan fingerprint density at radius 3 is 2.77 bits per heavy atom. The van der Waals surface area contributed by atoms with Gasteiger partial charge in [-0.05, 0) is 36.3 Å². The SMILES string of the molecule is CCOC(=O)N1CCN(c2ccnc3c2C=C(c2cccnc2)C3)CC1. The molecule has 0 N–H and O–H groups in total. The molecule has 1 aliphatic carbocycles. The molecular formula is C20H22N4O2. The molecule has 0 unspecified atom stereocenters. The Bertz CT molecular complexity index is 827. The van der Waals surface area contributed by atoms with Crippen LogP contribution in [-0.2, 0) is 11.2 Å². The first kappa shape index (κ1) is 16.6. The van der Waals surface area contributed by atoms with Crippen LogP contribution >= 0.6 is 0 Å². The van der Waals surface area contributed by atoms with E-state index in [1.165, 1.54) is 16.8 Å². The average molecular weight is 350 g/mol. The second-order valence-corrected chi connectivity index (χ2v) is 6.45. The first-order valence-electron chi connectivity index (χ1n) is 9.01. The van der Waals surface area contributed by atoms with E-state index in [1.807, 2.05) is 25.4 Å². The third-order valence-corrected chi connectivity index (χ3v) is 4.90. The number of nitrogens with zero attached hydrogens (tertiary/aromatic N) is 4. The summed E-state index contributed by atoms with van der Waals surface area (Å²) >= 11 is 0. The Morgan fingerprint density at radius 2 is 2.04 bits per heavy atom. The summed E-state index contributed by atoms with van der Waals surface area (Å²) < 4.78 is 5.10. The van der Waals surface area contributed by atoms with Crippen LogP contribution in [0.2, 0.25) is 0 Å². The summed E-state index contributed by atoms with van der Waals surface area (Å²) in [6.45, 7) is 5.19. The number of pyridine rings is 2. The van der Waals surface area contributed by atoms with Gasteiger partial charge in [0.2, 0.25) is 0 Å². The number of carbonyl (C=O) groups is 1. The lowest BCUT2D eigenvalue weighted by atomic mass is 10.1. The number of anilines is 1. The quantitative estimate of drug-likeness (QED) is 0.852. The van der Waals surface area contributed by atoms with Gasteiger partial charge in [0.15, 0.2) is 0 Å². The minimum Gasteiger partial charge on any atom is -0.450 e. The van der Waals surface area contributed by atoms with Gasteiger partial charge in [0.25, 0.3) is 0 Å². The van der Waals surface area contributed by atoms with Crippen molar-refractivity contribution in [2.24, 2.45) is 0 Å². The second-order valence-electron chi connectivity index (χ2n) is 6.45. The first-order chi connectivity index (χ1) is 12.8. The van der Waals surface area contributed by atoms with E-state index in [0.717, 1.165) is 30.8 Å². The molecule has 2 aliphatic rings. The fourth-order valence-corrected chi connectivity index (χ4v) is 3.57. The molecule has 0 bridgehead atoms. The summed E-state index contributed by atoms with van der Waals surface area (Å²) in [5.41, 5.74) is 5.88. The van der Waals surface area contributed by atoms with Gasteiger partial charge >= 0.3 is 6.09 Å². The number of carbonyl (C=O) groups excluding carboxylic acids is 1. The third-order valence-electron chi connectivity index (χ3n) is 4.90. The molecule has 6 heteroatoms. The van der Waals surface area contributed by atoms with Gasteiger partial charge in [0.05, 0.1) is 12.3 Å². The van der Waals surface area contributed by atoms with Crippen molar-refractivity contribution in [3.8, 4) is 0 Å². The molecular weight excluding hydrogens is 328 g/mol. The lowest BCUT2D eigenvalue weighted by molar-refractivity contribution is 0.105. The molecule has 2 aromatic heterocycles. The Hall–Kier alpha value is -2.89. The molecule has 0 radical (unpaired) electrons. The van der Waals surface area contributed by atoms with Gasteiger partial charge in [-0.15, -0.1) is 0 Å². The summed E-state index contributed by atoms with van der Waals surface area (Å²) in [7, 11) is 0. The van der Waals surface area contributed by atoms with Gasteiger partial charge in [-0.1, -0.05) is 6.07 Å². The summed E-state index contributed by atoms with van der Waals surface area (Å²) in [5.74, 6) is 0. The maximum atomic E-state index is 11.9. The van der Waals surface area contributed by atoms with Crippen LogP contribution in [0.15, 0.2) is 36.8 Å². The van der Waals surface area contributed by atoms with E-state index in [9.17, 15) is 4.79 Å². The lowest BCUT2D eigenvalue weighted by Gasteiger charge is -2.36. The Morgan fingerprint density at radius 1 is 1.19 bits per heavy atom. The predicted octanol–water partition coefficient (Wildman–Crippen LogP) is 2.85. The van der Waals surface area contributed by atoms with E-state index in [0.29, 0.717) is 19.7 Å². The smallest absolute Gasteiger partial charge is 0.409 e. The van der Waals surface area contributed by atoms with E-state index < -0.39 is 0 Å². The van der Waals surface area contributed by atoms with Crippen LogP contribution in [-0.4, -0.2) is 53.7 Å². The predicted molar refractivity (Wildman–Crippen MR) is 101 cm³/mol. The number of allylic oxidation sites excluding steroid dienone is 1. The first-order valence-corrected chi connectivity index (χ1v) is 9.01. The topological polar surface area (TPSA) is 58.6 Å². The second kappa shape index (κ2) is 7.15. The van der Waals surface area contributed by atoms with Gasteiger partial charge in [0, 0.05) is 62.4 Å². The van der Waals surface area contributed by atoms with Gasteiger partial charge in [0.1, 0.15) is 0 Å². The molecule has 0 aromatic carbocycles. The highest BCUT2D eigenvalue weighted by Gasteiger charge is 2.26. The van der Waals surface area contributed by atoms with Crippen LogP contribution < -0.4 is 4.90 Å². The zero-order valence-corrected chi connectivity index (χ0v) is 14.9. The number of fused-ring (bicyclic) bond motifs is 1. The number of hydrogen-bond acceptors (Lipinski definition) is 5. The van der Waals surface area contributed by atoms with Crippen LogP contribution in [0.4, 0.5) is 10.5 Å². The van der Waals surface area contributed by atoms with Crippen LogP contribution in [0.1, 0.15) is 23.7 Å². The number of hydrogen-bond donors (Lipinski definition) is 0. The zero-order valence-electron chi connectivity index (χ0n) is 14.9. The highest BCUT2D eigenvalue weighted by molar-refractivity contribution is 5.91. The maximum Gasteiger partial charge on any atom is 0.409 e. The highest BCUT2D eigenvalue weighted by Crippen LogP contribution is 2.36. The lowest BCUT2D eigenvalue weighted by Crippen LogP contribution is -2.49. The molecule has 2 aromatic rings. The zero-order chi connectivity index (χ0) is 17.9. The number of rotatable bonds is 3. The van der Waals surface area contributed by atoms with Crippen molar-refractivity contribution in [2.75, 3.05) is 37.7 Å². The fourth-order valence-electron chi connectivity index (χ4n) is 3.57. The van der Waals surface area contributed by atoms with E-state index in [4.69, 9.17) is 4.74 Å². The van der Waals surface area contributed by atoms with Crippen LogP contribution in [0.5, 0.6) is 0 Å². The molecule has 0 atom stereocenters. The molecule has 26 heavy (non-hydrogen) atoms. The van der Waals surface area contributed by atoms with Crippen molar-refractivity contribution in [3.05, 3.63) is 53.6 Å². The van der Waals surface area contributed by atoms with Crippen LogP contribution in [0.25, 0.3) is 11.6 Å². The van der Waals surface area contributed by atoms with Crippen molar-refractivity contribution in [3.63, 3.8) is 0 Å². The number of aromatic nitrogens is 2. The number of amides is 1. The van der Waals surface area contributed by atoms with Gasteiger partial charge in [-0.25, -0.2) is 4.79 Å². The summed E-state index contributed by atoms with van der Waals surface area (Å²) in [4.78, 5) is 24.8. The van der Waals surface area contributed by atoms with Gasteiger partial charge in [-0.2, -0.15) is 0 Å². The maximum absolute atomic E-state index is 11.9. The monoisotopic (exact) mass is 350 g/mol. The molecule has 1 saturated heterocycles. The average Bonchev–Trinajstić information content (AvgIpc) is 3.13. The van der Waals surface area contributed by atoms with Crippen molar-refractivity contribution >= 4 is 23.4 Å². The Kier molecular flexibility index (Phi) is 4.56. The molecule has 0 saturated carbocycles. The van der Waals surface area contributed by atoms with E-state index >= 15 is 0 Å². The summed E-state index contributed by atoms with van der Waals surface area (Å²) in [6.07, 6.45) is 8.41. The molecule has 6 nitrogen and oxygen atoms in total. The van der Waals surface area contributed by atoms with Gasteiger partial charge < -0.3 is 14.5 Å². The summed E-state index contributed by atoms with van der Waals surface area (Å²) in [6, 6.07) is 6.12. The molecule has 4 rings (SSSR count). The van der Waals surface area contributed by atoms with Crippen molar-refractivity contribution in [1.82, 2.24) is 14.9 Å². The van der Waals surface area contributed by atoms with E-state index in [-0.39, 0.29) is 6.09 Å². The Labute approximate surface area is 153 Å². The molecule has 1 aliphatic heterocycles. The highest BCUT2D eigenvalue weighted by atomic mass is 16.6. The minimum atomic E-state index is -0.217. The molecule has 1 amide bonds. The Balaban J connectivity index is 1.53. The van der Waals surface area contributed by atoms with Crippen LogP contribution in [0.3, 0.4) is 0 Å². The largest absolute Gasteiger partial charge is 0.450 e. The molecule has 0 spiro atoms. The van der Waals surface area contributed by atoms with Crippen molar-refractivity contribution in [1.29, 1.82) is 0 Å². The van der Waals surface area contributed by atoms with Crippen molar-refractivity contribution < 1.29 is 9.53 Å². The molecule has 3 heterocycles. The standard InChI is InChI=1S/C20H22N4O2/c1-2-26-20(25)24-10-8-23(9-11-24)19-5-7-22-18-13-16(12-17(18)19)15-4-3-6-21-14-15/h3-7,12,14H,2,8-11,13H2,1H3. The van der Waals surface area contributed by atoms with Crippen molar-refractivity contribution in [2.45, 2.75) is 13.3 Å². The minimum absolute atomic E-state index is 0.217. The van der Waals surface area contributed by atoms with Crippen LogP contribution in [0, 0.1) is 0 Å². The number of piperazine rings is 1.